The fourth-order valence-electron chi connectivity index (χ4n) is 11.4. The first-order chi connectivity index (χ1) is 45.0. The Bertz CT molecular complexity index is 1790. The van der Waals surface area contributed by atoms with Gasteiger partial charge in [-0.05, 0) is 31.6 Å². The maximum atomic E-state index is 13.1. The molecule has 0 saturated heterocycles. The van der Waals surface area contributed by atoms with Crippen molar-refractivity contribution in [2.24, 2.45) is 5.92 Å². The molecule has 0 rings (SSSR count). The number of phosphoric acid groups is 2. The van der Waals surface area contributed by atoms with Gasteiger partial charge in [0.05, 0.1) is 26.4 Å². The fraction of sp³-hybridized carbons (Fsp3) is 0.946. The molecule has 0 fully saturated rings. The Balaban J connectivity index is 5.10. The third kappa shape index (κ3) is 68.4. The van der Waals surface area contributed by atoms with Crippen LogP contribution in [0.15, 0.2) is 0 Å². The van der Waals surface area contributed by atoms with Crippen molar-refractivity contribution in [3.8, 4) is 0 Å². The smallest absolute Gasteiger partial charge is 0.462 e. The van der Waals surface area contributed by atoms with Gasteiger partial charge in [0.1, 0.15) is 19.3 Å². The summed E-state index contributed by atoms with van der Waals surface area (Å²) < 4.78 is 68.1. The average molecular weight is 1370 g/mol. The number of ether oxygens (including phenoxy) is 4. The highest BCUT2D eigenvalue weighted by Crippen LogP contribution is 2.45. The summed E-state index contributed by atoms with van der Waals surface area (Å²) in [6.07, 6.45) is 56.1. The van der Waals surface area contributed by atoms with E-state index in [4.69, 9.17) is 37.0 Å². The predicted octanol–water partition coefficient (Wildman–Crippen LogP) is 21.7. The predicted molar refractivity (Wildman–Crippen MR) is 377 cm³/mol. The van der Waals surface area contributed by atoms with E-state index in [2.05, 4.69) is 34.6 Å². The zero-order valence-electron chi connectivity index (χ0n) is 60.4. The van der Waals surface area contributed by atoms with Crippen LogP contribution < -0.4 is 0 Å². The Labute approximate surface area is 568 Å². The quantitative estimate of drug-likeness (QED) is 0.0222. The Morgan fingerprint density at radius 1 is 0.290 bits per heavy atom. The molecule has 0 amide bonds. The first kappa shape index (κ1) is 91.1. The van der Waals surface area contributed by atoms with Crippen LogP contribution in [0.2, 0.25) is 0 Å². The van der Waals surface area contributed by atoms with Gasteiger partial charge in [-0.2, -0.15) is 0 Å². The van der Waals surface area contributed by atoms with Crippen LogP contribution in [0.25, 0.3) is 0 Å². The summed E-state index contributed by atoms with van der Waals surface area (Å²) in [5.74, 6) is -1.31. The minimum atomic E-state index is -4.95. The lowest BCUT2D eigenvalue weighted by Gasteiger charge is -2.21. The van der Waals surface area contributed by atoms with E-state index in [1.54, 1.807) is 0 Å². The Hall–Kier alpha value is -1.94. The van der Waals surface area contributed by atoms with E-state index in [1.165, 1.54) is 205 Å². The number of unbranched alkanes of at least 4 members (excludes halogenated alkanes) is 46. The number of carbonyl (C=O) groups is 4. The number of carbonyl (C=O) groups excluding carboxylic acids is 4. The van der Waals surface area contributed by atoms with Crippen LogP contribution in [0.3, 0.4) is 0 Å². The number of hydrogen-bond acceptors (Lipinski definition) is 15. The summed E-state index contributed by atoms with van der Waals surface area (Å²) in [6.45, 7) is 7.20. The highest BCUT2D eigenvalue weighted by atomic mass is 31.2. The molecule has 0 spiro atoms. The van der Waals surface area contributed by atoms with Crippen molar-refractivity contribution in [2.75, 3.05) is 39.6 Å². The van der Waals surface area contributed by atoms with Gasteiger partial charge in [-0.25, -0.2) is 9.13 Å². The molecule has 5 atom stereocenters. The lowest BCUT2D eigenvalue weighted by atomic mass is 10.0. The fourth-order valence-corrected chi connectivity index (χ4v) is 12.9. The van der Waals surface area contributed by atoms with E-state index in [1.807, 2.05) is 0 Å². The molecule has 0 aliphatic rings. The van der Waals surface area contributed by atoms with Gasteiger partial charge in [0, 0.05) is 25.7 Å². The third-order valence-electron chi connectivity index (χ3n) is 17.3. The molecule has 0 aromatic rings. The lowest BCUT2D eigenvalue weighted by molar-refractivity contribution is -0.161. The van der Waals surface area contributed by atoms with Gasteiger partial charge in [-0.15, -0.1) is 0 Å². The number of phosphoric ester groups is 2. The molecule has 0 aliphatic carbocycles. The molecule has 0 saturated carbocycles. The summed E-state index contributed by atoms with van der Waals surface area (Å²) in [7, 11) is -9.89. The monoisotopic (exact) mass is 1370 g/mol. The van der Waals surface area contributed by atoms with Crippen molar-refractivity contribution in [1.82, 2.24) is 0 Å². The molecular formula is C74H144O17P2. The van der Waals surface area contributed by atoms with Crippen molar-refractivity contribution in [1.29, 1.82) is 0 Å². The normalized spacial score (nSPS) is 14.0. The Morgan fingerprint density at radius 2 is 0.495 bits per heavy atom. The largest absolute Gasteiger partial charge is 0.472 e. The van der Waals surface area contributed by atoms with Crippen LogP contribution in [0.1, 0.15) is 388 Å². The number of aliphatic hydroxyl groups is 1. The first-order valence-electron chi connectivity index (χ1n) is 38.6. The molecule has 0 aromatic carbocycles. The van der Waals surface area contributed by atoms with Gasteiger partial charge in [0.2, 0.25) is 0 Å². The van der Waals surface area contributed by atoms with E-state index in [-0.39, 0.29) is 25.7 Å². The summed E-state index contributed by atoms with van der Waals surface area (Å²) in [5.41, 5.74) is 0. The summed E-state index contributed by atoms with van der Waals surface area (Å²) in [5, 5.41) is 10.6. The molecule has 0 aromatic heterocycles. The molecular weight excluding hydrogens is 1220 g/mol. The van der Waals surface area contributed by atoms with Crippen molar-refractivity contribution in [3.05, 3.63) is 0 Å². The van der Waals surface area contributed by atoms with Crippen LogP contribution in [-0.4, -0.2) is 96.7 Å². The summed E-state index contributed by atoms with van der Waals surface area (Å²) in [4.78, 5) is 72.3. The van der Waals surface area contributed by atoms with E-state index in [0.29, 0.717) is 25.7 Å². The number of aliphatic hydroxyl groups excluding tert-OH is 1. The molecule has 0 heterocycles. The molecule has 0 radical (unpaired) electrons. The summed E-state index contributed by atoms with van der Waals surface area (Å²) >= 11 is 0. The second-order valence-corrected chi connectivity index (χ2v) is 30.1. The zero-order chi connectivity index (χ0) is 68.4. The maximum absolute atomic E-state index is 13.1. The first-order valence-corrected chi connectivity index (χ1v) is 41.6. The molecule has 2 unspecified atom stereocenters. The molecule has 19 heteroatoms. The third-order valence-corrected chi connectivity index (χ3v) is 19.2. The Morgan fingerprint density at radius 3 is 0.731 bits per heavy atom. The molecule has 17 nitrogen and oxygen atoms in total. The van der Waals surface area contributed by atoms with Crippen molar-refractivity contribution in [2.45, 2.75) is 406 Å². The molecule has 552 valence electrons. The van der Waals surface area contributed by atoms with Gasteiger partial charge in [-0.3, -0.25) is 37.3 Å². The van der Waals surface area contributed by atoms with Gasteiger partial charge in [-0.1, -0.05) is 336 Å². The second kappa shape index (κ2) is 67.3. The van der Waals surface area contributed by atoms with Crippen LogP contribution in [0.4, 0.5) is 0 Å². The molecule has 93 heavy (non-hydrogen) atoms. The molecule has 0 aliphatic heterocycles. The van der Waals surface area contributed by atoms with E-state index in [0.717, 1.165) is 102 Å². The lowest BCUT2D eigenvalue weighted by Crippen LogP contribution is -2.30. The summed E-state index contributed by atoms with van der Waals surface area (Å²) in [6, 6.07) is 0. The van der Waals surface area contributed by atoms with Gasteiger partial charge >= 0.3 is 39.5 Å². The van der Waals surface area contributed by atoms with Gasteiger partial charge in [0.15, 0.2) is 12.2 Å². The van der Waals surface area contributed by atoms with Gasteiger partial charge in [0.25, 0.3) is 0 Å². The van der Waals surface area contributed by atoms with E-state index in [9.17, 15) is 43.2 Å². The zero-order valence-corrected chi connectivity index (χ0v) is 62.2. The highest BCUT2D eigenvalue weighted by molar-refractivity contribution is 7.47. The Kier molecular flexibility index (Phi) is 65.9. The standard InChI is InChI=1S/C74H144O17P2/c1-6-9-12-15-17-19-20-21-22-23-27-30-33-36-40-43-48-53-58-72(77)85-64-70(91-74(79)60-55-50-45-41-37-34-31-28-25-24-26-29-32-35-39-42-47-51-56-67(4)5)66-89-93(82,83)87-62-68(75)61-86-92(80,81)88-65-69(63-84-71(76)57-52-46-14-11-8-3)90-73(78)59-54-49-44-38-18-16-13-10-7-2/h67-70,75H,6-66H2,1-5H3,(H,80,81)(H,82,83)/t68-,69+,70+/m0/s1. The van der Waals surface area contributed by atoms with Crippen molar-refractivity contribution >= 4 is 39.5 Å². The number of hydrogen-bond donors (Lipinski definition) is 3. The van der Waals surface area contributed by atoms with Crippen LogP contribution in [0.5, 0.6) is 0 Å². The number of rotatable bonds is 74. The second-order valence-electron chi connectivity index (χ2n) is 27.2. The van der Waals surface area contributed by atoms with Crippen LogP contribution in [0, 0.1) is 5.92 Å². The average Bonchev–Trinajstić information content (AvgIpc) is 3.54. The minimum Gasteiger partial charge on any atom is -0.462 e. The van der Waals surface area contributed by atoms with Crippen LogP contribution in [-0.2, 0) is 65.4 Å². The SMILES string of the molecule is CCCCCCCCCCCCCCCCCCCCC(=O)OC[C@H](COP(=O)(O)OC[C@@H](O)COP(=O)(O)OC[C@@H](COC(=O)CCCCCCC)OC(=O)CCCCCCCCCCC)OC(=O)CCCCCCCCCCCCCCCCCCCCC(C)C. The van der Waals surface area contributed by atoms with Gasteiger partial charge < -0.3 is 33.8 Å². The van der Waals surface area contributed by atoms with Crippen molar-refractivity contribution < 1.29 is 80.2 Å². The number of esters is 4. The topological polar surface area (TPSA) is 237 Å². The van der Waals surface area contributed by atoms with E-state index < -0.39 is 97.5 Å². The molecule has 3 N–H and O–H groups in total. The van der Waals surface area contributed by atoms with E-state index >= 15 is 0 Å². The molecule has 0 bridgehead atoms. The van der Waals surface area contributed by atoms with Crippen molar-refractivity contribution in [3.63, 3.8) is 0 Å². The maximum Gasteiger partial charge on any atom is 0.472 e. The van der Waals surface area contributed by atoms with Crippen LogP contribution >= 0.6 is 15.6 Å². The highest BCUT2D eigenvalue weighted by Gasteiger charge is 2.30. The minimum absolute atomic E-state index is 0.105.